The molecule has 0 aliphatic carbocycles. The Morgan fingerprint density at radius 1 is 0.971 bits per heavy atom. The van der Waals surface area contributed by atoms with E-state index >= 15 is 0 Å². The first-order chi connectivity index (χ1) is 17.1. The molecule has 2 heterocycles. The van der Waals surface area contributed by atoms with Crippen LogP contribution >= 0.6 is 0 Å². The molecule has 0 saturated carbocycles. The van der Waals surface area contributed by atoms with Crippen molar-refractivity contribution in [1.82, 2.24) is 15.0 Å². The number of pyridine rings is 1. The maximum absolute atomic E-state index is 10.1. The van der Waals surface area contributed by atoms with Gasteiger partial charge in [-0.2, -0.15) is 0 Å². The third-order valence-electron chi connectivity index (χ3n) is 5.43. The van der Waals surface area contributed by atoms with Crippen LogP contribution in [0.4, 0.5) is 11.5 Å². The van der Waals surface area contributed by atoms with Crippen molar-refractivity contribution in [2.45, 2.75) is 6.92 Å². The second-order valence-electron chi connectivity index (χ2n) is 8.00. The molecule has 2 aromatic heterocycles. The zero-order valence-corrected chi connectivity index (χ0v) is 19.7. The molecule has 3 aromatic carbocycles. The van der Waals surface area contributed by atoms with Crippen molar-refractivity contribution in [3.63, 3.8) is 0 Å². The lowest BCUT2D eigenvalue weighted by Gasteiger charge is -2.08. The molecule has 0 bridgehead atoms. The molecule has 0 atom stereocenters. The van der Waals surface area contributed by atoms with Crippen LogP contribution in [0.15, 0.2) is 97.7 Å². The molecule has 0 saturated heterocycles. The molecule has 6 nitrogen and oxygen atoms in total. The van der Waals surface area contributed by atoms with Crippen LogP contribution in [0.5, 0.6) is 0 Å². The van der Waals surface area contributed by atoms with E-state index in [0.29, 0.717) is 0 Å². The fourth-order valence-electron chi connectivity index (χ4n) is 3.42. The molecule has 0 aliphatic rings. The number of anilines is 2. The maximum atomic E-state index is 10.1. The zero-order chi connectivity index (χ0) is 24.6. The number of carbonyl (C=O) groups excluding carboxylic acids is 1. The Hall–Kier alpha value is -4.71. The van der Waals surface area contributed by atoms with E-state index in [2.05, 4.69) is 27.2 Å². The first kappa shape index (κ1) is 23.4. The summed E-state index contributed by atoms with van der Waals surface area (Å²) in [5.41, 5.74) is 7.60. The Bertz CT molecular complexity index is 1420. The molecule has 5 aromatic rings. The smallest absolute Gasteiger partial charge is 0.150 e. The molecule has 0 spiro atoms. The first-order valence-corrected chi connectivity index (χ1v) is 11.2. The van der Waals surface area contributed by atoms with Gasteiger partial charge in [0.2, 0.25) is 0 Å². The van der Waals surface area contributed by atoms with Gasteiger partial charge in [0.1, 0.15) is 17.9 Å². The average molecular weight is 462 g/mol. The third kappa shape index (κ3) is 6.00. The van der Waals surface area contributed by atoms with E-state index in [9.17, 15) is 4.79 Å². The van der Waals surface area contributed by atoms with Crippen molar-refractivity contribution in [3.05, 3.63) is 114 Å². The van der Waals surface area contributed by atoms with Gasteiger partial charge in [-0.05, 0) is 36.8 Å². The number of carbonyl (C=O) groups is 1. The third-order valence-corrected chi connectivity index (χ3v) is 5.43. The number of nitrogens with one attached hydrogen (secondary N) is 3. The lowest BCUT2D eigenvalue weighted by molar-refractivity contribution is 0.112. The molecule has 174 valence electrons. The van der Waals surface area contributed by atoms with Crippen molar-refractivity contribution in [3.8, 4) is 11.4 Å². The van der Waals surface area contributed by atoms with Crippen molar-refractivity contribution >= 4 is 34.5 Å². The number of aromatic nitrogens is 3. The molecule has 6 heteroatoms. The van der Waals surface area contributed by atoms with Gasteiger partial charge >= 0.3 is 0 Å². The monoisotopic (exact) mass is 461 g/mol. The predicted octanol–water partition coefficient (Wildman–Crippen LogP) is 6.56. The standard InChI is InChI=1S/C21H19N5.C8H8O/c1-14(15-6-4-3-5-7-15)24-20-12-18-19(13-23-20)26-21(25-18)16-8-10-17(22-2)11-9-16;1-7-2-4-8(6-9)5-3-7/h3-13,22H,1H2,2H3,(H,23,24)(H,25,26);2-6H,1H3. The van der Waals surface area contributed by atoms with E-state index < -0.39 is 0 Å². The van der Waals surface area contributed by atoms with E-state index in [-0.39, 0.29) is 0 Å². The van der Waals surface area contributed by atoms with Crippen LogP contribution in [0.25, 0.3) is 28.1 Å². The zero-order valence-electron chi connectivity index (χ0n) is 19.7. The van der Waals surface area contributed by atoms with Crippen molar-refractivity contribution in [2.24, 2.45) is 0 Å². The lowest BCUT2D eigenvalue weighted by Crippen LogP contribution is -1.99. The highest BCUT2D eigenvalue weighted by Gasteiger charge is 2.08. The van der Waals surface area contributed by atoms with Crippen molar-refractivity contribution < 1.29 is 4.79 Å². The van der Waals surface area contributed by atoms with Crippen LogP contribution < -0.4 is 10.6 Å². The summed E-state index contributed by atoms with van der Waals surface area (Å²) in [6, 6.07) is 27.5. The largest absolute Gasteiger partial charge is 0.388 e. The number of fused-ring (bicyclic) bond motifs is 1. The number of H-pyrrole nitrogens is 1. The molecule has 0 amide bonds. The number of rotatable bonds is 6. The summed E-state index contributed by atoms with van der Waals surface area (Å²) in [6.07, 6.45) is 2.63. The van der Waals surface area contributed by atoms with Crippen LogP contribution in [0.3, 0.4) is 0 Å². The molecule has 0 aliphatic heterocycles. The molecule has 0 unspecified atom stereocenters. The maximum Gasteiger partial charge on any atom is 0.150 e. The van der Waals surface area contributed by atoms with Gasteiger partial charge in [0.15, 0.2) is 0 Å². The number of aromatic amines is 1. The number of benzene rings is 3. The van der Waals surface area contributed by atoms with E-state index in [1.165, 1.54) is 5.56 Å². The van der Waals surface area contributed by atoms with Gasteiger partial charge in [0, 0.05) is 35.6 Å². The van der Waals surface area contributed by atoms with Gasteiger partial charge in [0.05, 0.1) is 17.2 Å². The summed E-state index contributed by atoms with van der Waals surface area (Å²) >= 11 is 0. The number of hydrogen-bond acceptors (Lipinski definition) is 5. The summed E-state index contributed by atoms with van der Waals surface area (Å²) in [5.74, 6) is 1.54. The summed E-state index contributed by atoms with van der Waals surface area (Å²) in [6.45, 7) is 6.08. The average Bonchev–Trinajstić information content (AvgIpc) is 3.33. The molecular weight excluding hydrogens is 434 g/mol. The normalized spacial score (nSPS) is 10.2. The van der Waals surface area contributed by atoms with Gasteiger partial charge in [-0.15, -0.1) is 0 Å². The summed E-state index contributed by atoms with van der Waals surface area (Å²) in [4.78, 5) is 22.6. The van der Waals surface area contributed by atoms with Crippen LogP contribution in [0.1, 0.15) is 21.5 Å². The molecule has 0 radical (unpaired) electrons. The number of imidazole rings is 1. The van der Waals surface area contributed by atoms with E-state index in [0.717, 1.165) is 57.0 Å². The minimum Gasteiger partial charge on any atom is -0.388 e. The summed E-state index contributed by atoms with van der Waals surface area (Å²) < 4.78 is 0. The van der Waals surface area contributed by atoms with Gasteiger partial charge in [0.25, 0.3) is 0 Å². The Balaban J connectivity index is 0.000000271. The fraction of sp³-hybridized carbons (Fsp3) is 0.0690. The number of nitrogens with zero attached hydrogens (tertiary/aromatic N) is 2. The predicted molar refractivity (Wildman–Crippen MR) is 145 cm³/mol. The second kappa shape index (κ2) is 10.9. The van der Waals surface area contributed by atoms with Crippen LogP contribution in [0, 0.1) is 6.92 Å². The van der Waals surface area contributed by atoms with Gasteiger partial charge in [-0.3, -0.25) is 4.79 Å². The molecular formula is C29H27N5O. The highest BCUT2D eigenvalue weighted by molar-refractivity contribution is 5.83. The number of aldehydes is 1. The van der Waals surface area contributed by atoms with Gasteiger partial charge < -0.3 is 15.6 Å². The van der Waals surface area contributed by atoms with Gasteiger partial charge in [-0.25, -0.2) is 9.97 Å². The van der Waals surface area contributed by atoms with E-state index in [4.69, 9.17) is 4.98 Å². The Kier molecular flexibility index (Phi) is 7.33. The number of hydrogen-bond donors (Lipinski definition) is 3. The van der Waals surface area contributed by atoms with Crippen LogP contribution in [-0.2, 0) is 0 Å². The SMILES string of the molecule is C=C(Nc1cc2nc(-c3ccc(NC)cc3)[nH]c2cn1)c1ccccc1.Cc1ccc(C=O)cc1. The van der Waals surface area contributed by atoms with E-state index in [1.807, 2.05) is 98.9 Å². The van der Waals surface area contributed by atoms with Crippen LogP contribution in [-0.4, -0.2) is 28.3 Å². The Labute approximate surface area is 204 Å². The molecule has 5 rings (SSSR count). The van der Waals surface area contributed by atoms with Crippen molar-refractivity contribution in [1.29, 1.82) is 0 Å². The topological polar surface area (TPSA) is 82.7 Å². The first-order valence-electron chi connectivity index (χ1n) is 11.2. The molecule has 3 N–H and O–H groups in total. The Morgan fingerprint density at radius 2 is 1.69 bits per heavy atom. The highest BCUT2D eigenvalue weighted by Crippen LogP contribution is 2.24. The fourth-order valence-corrected chi connectivity index (χ4v) is 3.42. The second-order valence-corrected chi connectivity index (χ2v) is 8.00. The summed E-state index contributed by atoms with van der Waals surface area (Å²) in [7, 11) is 1.90. The quantitative estimate of drug-likeness (QED) is 0.250. The molecule has 35 heavy (non-hydrogen) atoms. The lowest BCUT2D eigenvalue weighted by atomic mass is 10.2. The molecule has 0 fully saturated rings. The Morgan fingerprint density at radius 3 is 2.34 bits per heavy atom. The van der Waals surface area contributed by atoms with Crippen LogP contribution in [0.2, 0.25) is 0 Å². The van der Waals surface area contributed by atoms with E-state index in [1.54, 1.807) is 6.20 Å². The van der Waals surface area contributed by atoms with Crippen molar-refractivity contribution in [2.75, 3.05) is 17.7 Å². The minimum absolute atomic E-state index is 0.718. The highest BCUT2D eigenvalue weighted by atomic mass is 16.1. The summed E-state index contributed by atoms with van der Waals surface area (Å²) in [5, 5.41) is 6.36. The number of aryl methyl sites for hydroxylation is 1. The van der Waals surface area contributed by atoms with Gasteiger partial charge in [-0.1, -0.05) is 66.7 Å². The minimum atomic E-state index is 0.718.